The van der Waals surface area contributed by atoms with E-state index in [4.69, 9.17) is 9.47 Å². The SMILES string of the molecule is C[C@@H]1CCC2=C(C3=CC[C@@H]4[C@@]5(C)CC[C@H](O[C@@H]6O[C@@H](CO)[C@H](O)[C@H]6O)C(C)(C)[C@@H]5CC[C@@]4(C)[C@]3(C)CC2)[C@H]1C. The zero-order valence-corrected chi connectivity index (χ0v) is 25.5. The summed E-state index contributed by atoms with van der Waals surface area (Å²) >= 11 is 0. The van der Waals surface area contributed by atoms with E-state index >= 15 is 0 Å². The molecule has 39 heavy (non-hydrogen) atoms. The van der Waals surface area contributed by atoms with Gasteiger partial charge >= 0.3 is 0 Å². The van der Waals surface area contributed by atoms with E-state index in [1.807, 2.05) is 0 Å². The van der Waals surface area contributed by atoms with E-state index < -0.39 is 24.6 Å². The number of aliphatic hydroxyl groups excluding tert-OH is 3. The standard InChI is InChI=1S/C34H54O5/c1-19-8-9-21-12-16-33(6)22(27(21)20(19)2)10-11-25-32(5)15-14-26(31(3,4)24(32)13-17-34(25,33)7)39-30-29(37)28(36)23(18-35)38-30/h10,19-20,23-26,28-30,35-37H,8-9,11-18H2,1-7H3/t19-,20+,23+,24+,25-,26+,28+,29-,30+,32+,33-,34-/m1/s1. The molecule has 0 spiro atoms. The minimum absolute atomic E-state index is 0.0542. The van der Waals surface area contributed by atoms with Crippen LogP contribution in [-0.4, -0.2) is 52.6 Å². The van der Waals surface area contributed by atoms with Crippen LogP contribution in [0.25, 0.3) is 0 Å². The van der Waals surface area contributed by atoms with Gasteiger partial charge in [-0.3, -0.25) is 0 Å². The third-order valence-electron chi connectivity index (χ3n) is 14.0. The molecule has 5 aliphatic carbocycles. The maximum atomic E-state index is 10.6. The molecule has 0 amide bonds. The third kappa shape index (κ3) is 3.82. The molecule has 0 aromatic rings. The largest absolute Gasteiger partial charge is 0.394 e. The lowest BCUT2D eigenvalue weighted by molar-refractivity contribution is -0.257. The number of rotatable bonds is 3. The van der Waals surface area contributed by atoms with Crippen LogP contribution in [0.4, 0.5) is 0 Å². The Morgan fingerprint density at radius 1 is 0.923 bits per heavy atom. The molecular weight excluding hydrogens is 488 g/mol. The lowest BCUT2D eigenvalue weighted by atomic mass is 9.35. The summed E-state index contributed by atoms with van der Waals surface area (Å²) in [5.41, 5.74) is 5.92. The van der Waals surface area contributed by atoms with Crippen molar-refractivity contribution in [1.29, 1.82) is 0 Å². The van der Waals surface area contributed by atoms with Crippen molar-refractivity contribution in [2.45, 2.75) is 137 Å². The number of allylic oxidation sites excluding steroid dienone is 4. The van der Waals surface area contributed by atoms with Gasteiger partial charge in [-0.05, 0) is 114 Å². The van der Waals surface area contributed by atoms with Crippen molar-refractivity contribution in [3.8, 4) is 0 Å². The summed E-state index contributed by atoms with van der Waals surface area (Å²) in [6.45, 7) is 17.2. The number of hydrogen-bond donors (Lipinski definition) is 3. The number of hydrogen-bond acceptors (Lipinski definition) is 5. The summed E-state index contributed by atoms with van der Waals surface area (Å²) in [6, 6.07) is 0. The van der Waals surface area contributed by atoms with Crippen LogP contribution in [0.1, 0.15) is 106 Å². The first-order valence-corrected chi connectivity index (χ1v) is 16.0. The predicted octanol–water partition coefficient (Wildman–Crippen LogP) is 6.16. The fraction of sp³-hybridized carbons (Fsp3) is 0.882. The highest BCUT2D eigenvalue weighted by atomic mass is 16.7. The lowest BCUT2D eigenvalue weighted by Gasteiger charge is -2.70. The van der Waals surface area contributed by atoms with Crippen molar-refractivity contribution in [1.82, 2.24) is 0 Å². The molecule has 0 aromatic carbocycles. The van der Waals surface area contributed by atoms with Gasteiger partial charge in [0.1, 0.15) is 18.3 Å². The van der Waals surface area contributed by atoms with Crippen LogP contribution in [0.5, 0.6) is 0 Å². The number of aliphatic hydroxyl groups is 3. The second-order valence-electron chi connectivity index (χ2n) is 15.8. The first-order valence-electron chi connectivity index (χ1n) is 16.0. The van der Waals surface area contributed by atoms with Crippen molar-refractivity contribution < 1.29 is 24.8 Å². The Balaban J connectivity index is 1.29. The van der Waals surface area contributed by atoms with Gasteiger partial charge in [-0.2, -0.15) is 0 Å². The van der Waals surface area contributed by atoms with Crippen molar-refractivity contribution in [3.63, 3.8) is 0 Å². The van der Waals surface area contributed by atoms with Crippen LogP contribution in [0.15, 0.2) is 22.8 Å². The molecule has 220 valence electrons. The average Bonchev–Trinajstić information content (AvgIpc) is 3.16. The van der Waals surface area contributed by atoms with Gasteiger partial charge in [-0.15, -0.1) is 0 Å². The highest BCUT2D eigenvalue weighted by Crippen LogP contribution is 2.74. The fourth-order valence-electron chi connectivity index (χ4n) is 11.2. The third-order valence-corrected chi connectivity index (χ3v) is 14.0. The second-order valence-corrected chi connectivity index (χ2v) is 15.8. The van der Waals surface area contributed by atoms with Gasteiger partial charge in [-0.25, -0.2) is 0 Å². The maximum Gasteiger partial charge on any atom is 0.186 e. The van der Waals surface area contributed by atoms with E-state index in [9.17, 15) is 15.3 Å². The van der Waals surface area contributed by atoms with Gasteiger partial charge in [-0.1, -0.05) is 60.1 Å². The van der Waals surface area contributed by atoms with E-state index in [-0.39, 0.29) is 34.4 Å². The minimum Gasteiger partial charge on any atom is -0.394 e. The molecule has 1 aliphatic heterocycles. The monoisotopic (exact) mass is 542 g/mol. The van der Waals surface area contributed by atoms with E-state index in [0.717, 1.165) is 18.8 Å². The molecule has 0 bridgehead atoms. The molecule has 5 nitrogen and oxygen atoms in total. The Labute approximate surface area is 236 Å². The summed E-state index contributed by atoms with van der Waals surface area (Å²) in [4.78, 5) is 0. The quantitative estimate of drug-likeness (QED) is 0.398. The Bertz CT molecular complexity index is 1050. The average molecular weight is 543 g/mol. The molecule has 3 N–H and O–H groups in total. The highest BCUT2D eigenvalue weighted by Gasteiger charge is 2.66. The zero-order valence-electron chi connectivity index (χ0n) is 25.5. The Hall–Kier alpha value is -0.720. The minimum atomic E-state index is -1.13. The molecule has 0 aromatic heterocycles. The molecule has 0 unspecified atom stereocenters. The van der Waals surface area contributed by atoms with E-state index in [1.165, 1.54) is 44.9 Å². The Kier molecular flexibility index (Phi) is 6.84. The van der Waals surface area contributed by atoms with Crippen molar-refractivity contribution >= 4 is 0 Å². The molecule has 1 heterocycles. The molecule has 0 radical (unpaired) electrons. The summed E-state index contributed by atoms with van der Waals surface area (Å²) in [7, 11) is 0. The highest BCUT2D eigenvalue weighted by molar-refractivity contribution is 5.49. The van der Waals surface area contributed by atoms with Gasteiger partial charge in [0.15, 0.2) is 6.29 Å². The number of fused-ring (bicyclic) bond motifs is 6. The van der Waals surface area contributed by atoms with Gasteiger partial charge in [0.2, 0.25) is 0 Å². The second kappa shape index (κ2) is 9.39. The van der Waals surface area contributed by atoms with Crippen LogP contribution in [0.2, 0.25) is 0 Å². The van der Waals surface area contributed by atoms with Crippen molar-refractivity contribution in [3.05, 3.63) is 22.8 Å². The van der Waals surface area contributed by atoms with Crippen LogP contribution in [0.3, 0.4) is 0 Å². The normalized spacial score (nSPS) is 52.9. The summed E-state index contributed by atoms with van der Waals surface area (Å²) < 4.78 is 12.2. The van der Waals surface area contributed by atoms with Gasteiger partial charge in [0.25, 0.3) is 0 Å². The topological polar surface area (TPSA) is 79.2 Å². The Morgan fingerprint density at radius 2 is 1.67 bits per heavy atom. The molecule has 1 saturated heterocycles. The summed E-state index contributed by atoms with van der Waals surface area (Å²) in [5, 5.41) is 30.4. The molecule has 6 rings (SSSR count). The van der Waals surface area contributed by atoms with Crippen LogP contribution < -0.4 is 0 Å². The summed E-state index contributed by atoms with van der Waals surface area (Å²) in [6.07, 6.45) is 9.65. The van der Waals surface area contributed by atoms with Gasteiger partial charge in [0.05, 0.1) is 12.7 Å². The van der Waals surface area contributed by atoms with Gasteiger partial charge < -0.3 is 24.8 Å². The predicted molar refractivity (Wildman–Crippen MR) is 153 cm³/mol. The smallest absolute Gasteiger partial charge is 0.186 e. The molecule has 5 heteroatoms. The van der Waals surface area contributed by atoms with E-state index in [0.29, 0.717) is 17.8 Å². The number of ether oxygens (including phenoxy) is 2. The van der Waals surface area contributed by atoms with Gasteiger partial charge in [0, 0.05) is 0 Å². The maximum absolute atomic E-state index is 10.6. The van der Waals surface area contributed by atoms with Crippen LogP contribution >= 0.6 is 0 Å². The first kappa shape index (κ1) is 28.4. The lowest BCUT2D eigenvalue weighted by Crippen LogP contribution is -2.63. The first-order chi connectivity index (χ1) is 18.3. The summed E-state index contributed by atoms with van der Waals surface area (Å²) in [5.74, 6) is 2.61. The van der Waals surface area contributed by atoms with Crippen molar-refractivity contribution in [2.75, 3.05) is 6.61 Å². The van der Waals surface area contributed by atoms with Crippen LogP contribution in [-0.2, 0) is 9.47 Å². The molecule has 6 aliphatic rings. The molecule has 3 fully saturated rings. The van der Waals surface area contributed by atoms with E-state index in [2.05, 4.69) is 54.5 Å². The fourth-order valence-corrected chi connectivity index (χ4v) is 11.2. The molecule has 2 saturated carbocycles. The Morgan fingerprint density at radius 3 is 2.36 bits per heavy atom. The van der Waals surface area contributed by atoms with Crippen molar-refractivity contribution in [2.24, 2.45) is 45.3 Å². The zero-order chi connectivity index (χ0) is 28.1. The van der Waals surface area contributed by atoms with E-state index in [1.54, 1.807) is 16.7 Å². The van der Waals surface area contributed by atoms with Crippen LogP contribution in [0, 0.1) is 45.3 Å². The molecule has 12 atom stereocenters. The molecular formula is C34H54O5.